The second-order valence-electron chi connectivity index (χ2n) is 3.69. The van der Waals surface area contributed by atoms with Gasteiger partial charge in [-0.05, 0) is 43.0 Å². The van der Waals surface area contributed by atoms with Crippen LogP contribution in [0.5, 0.6) is 0 Å². The van der Waals surface area contributed by atoms with Gasteiger partial charge in [0.25, 0.3) is 0 Å². The fourth-order valence-electron chi connectivity index (χ4n) is 1.86. The Morgan fingerprint density at radius 2 is 2.36 bits per heavy atom. The second kappa shape index (κ2) is 4.34. The van der Waals surface area contributed by atoms with Crippen LogP contribution in [0, 0.1) is 0 Å². The Morgan fingerprint density at radius 1 is 1.50 bits per heavy atom. The zero-order valence-electron chi connectivity index (χ0n) is 7.87. The van der Waals surface area contributed by atoms with Crippen molar-refractivity contribution in [2.45, 2.75) is 38.0 Å². The summed E-state index contributed by atoms with van der Waals surface area (Å²) in [6, 6.07) is 3.78. The number of furan rings is 1. The van der Waals surface area contributed by atoms with Gasteiger partial charge in [0, 0.05) is 6.04 Å². The van der Waals surface area contributed by atoms with Gasteiger partial charge in [0.1, 0.15) is 5.76 Å². The summed E-state index contributed by atoms with van der Waals surface area (Å²) in [5.74, 6) is 0.814. The van der Waals surface area contributed by atoms with Crippen molar-refractivity contribution >= 4 is 11.6 Å². The first-order valence-electron chi connectivity index (χ1n) is 4.91. The molecule has 0 bridgehead atoms. The molecule has 1 aliphatic rings. The van der Waals surface area contributed by atoms with Crippen molar-refractivity contribution in [2.75, 3.05) is 0 Å². The molecule has 2 N–H and O–H groups in total. The van der Waals surface area contributed by atoms with E-state index in [9.17, 15) is 5.11 Å². The maximum absolute atomic E-state index is 9.55. The lowest BCUT2D eigenvalue weighted by Crippen LogP contribution is -2.34. The van der Waals surface area contributed by atoms with Crippen molar-refractivity contribution in [3.05, 3.63) is 23.1 Å². The van der Waals surface area contributed by atoms with E-state index >= 15 is 0 Å². The Bertz CT molecular complexity index is 300. The number of hydrogen-bond acceptors (Lipinski definition) is 3. The number of aliphatic hydroxyl groups is 1. The fraction of sp³-hybridized carbons (Fsp3) is 0.600. The van der Waals surface area contributed by atoms with Gasteiger partial charge >= 0.3 is 0 Å². The molecule has 0 amide bonds. The molecule has 1 aromatic rings. The third-order valence-electron chi connectivity index (χ3n) is 2.65. The predicted molar refractivity (Wildman–Crippen MR) is 54.2 cm³/mol. The molecule has 0 spiro atoms. The van der Waals surface area contributed by atoms with Gasteiger partial charge in [0.05, 0.1) is 12.6 Å². The number of aliphatic hydroxyl groups excluding tert-OH is 1. The van der Waals surface area contributed by atoms with Gasteiger partial charge in [0.15, 0.2) is 5.22 Å². The van der Waals surface area contributed by atoms with E-state index in [4.69, 9.17) is 16.0 Å². The number of rotatable bonds is 3. The third kappa shape index (κ3) is 2.29. The van der Waals surface area contributed by atoms with Crippen LogP contribution in [0.1, 0.15) is 25.0 Å². The minimum absolute atomic E-state index is 0.207. The monoisotopic (exact) mass is 215 g/mol. The minimum atomic E-state index is -0.208. The summed E-state index contributed by atoms with van der Waals surface area (Å²) in [4.78, 5) is 0. The summed E-state index contributed by atoms with van der Waals surface area (Å²) in [6.45, 7) is 0.633. The van der Waals surface area contributed by atoms with Crippen molar-refractivity contribution in [3.63, 3.8) is 0 Å². The van der Waals surface area contributed by atoms with Gasteiger partial charge in [-0.2, -0.15) is 0 Å². The molecular weight excluding hydrogens is 202 g/mol. The van der Waals surface area contributed by atoms with Gasteiger partial charge in [-0.1, -0.05) is 0 Å². The summed E-state index contributed by atoms with van der Waals surface area (Å²) in [5.41, 5.74) is 0. The number of hydrogen-bond donors (Lipinski definition) is 2. The van der Waals surface area contributed by atoms with Crippen LogP contribution in [0.15, 0.2) is 16.5 Å². The maximum Gasteiger partial charge on any atom is 0.193 e. The smallest absolute Gasteiger partial charge is 0.193 e. The molecule has 3 nitrogen and oxygen atoms in total. The summed E-state index contributed by atoms with van der Waals surface area (Å²) < 4.78 is 5.20. The lowest BCUT2D eigenvalue weighted by atomic mass is 10.2. The van der Waals surface area contributed by atoms with E-state index in [-0.39, 0.29) is 12.1 Å². The van der Waals surface area contributed by atoms with Gasteiger partial charge in [-0.15, -0.1) is 0 Å². The summed E-state index contributed by atoms with van der Waals surface area (Å²) in [7, 11) is 0. The van der Waals surface area contributed by atoms with Crippen LogP contribution < -0.4 is 5.32 Å². The molecular formula is C10H14ClNO2. The molecule has 1 aliphatic carbocycles. The molecule has 4 heteroatoms. The van der Waals surface area contributed by atoms with Crippen LogP contribution in [0.25, 0.3) is 0 Å². The standard InChI is InChI=1S/C10H14ClNO2/c11-10-5-4-7(14-10)6-12-8-2-1-3-9(8)13/h4-5,8-9,12-13H,1-3,6H2. The van der Waals surface area contributed by atoms with Crippen LogP contribution in [0.4, 0.5) is 0 Å². The highest BCUT2D eigenvalue weighted by molar-refractivity contribution is 6.28. The molecule has 2 atom stereocenters. The molecule has 2 unspecified atom stereocenters. The zero-order valence-corrected chi connectivity index (χ0v) is 8.63. The molecule has 14 heavy (non-hydrogen) atoms. The number of halogens is 1. The SMILES string of the molecule is OC1CCCC1NCc1ccc(Cl)o1. The molecule has 0 aliphatic heterocycles. The Balaban J connectivity index is 1.82. The third-order valence-corrected chi connectivity index (χ3v) is 2.85. The van der Waals surface area contributed by atoms with E-state index in [1.54, 1.807) is 6.07 Å². The van der Waals surface area contributed by atoms with Crippen LogP contribution >= 0.6 is 11.6 Å². The first-order valence-corrected chi connectivity index (χ1v) is 5.29. The van der Waals surface area contributed by atoms with E-state index in [2.05, 4.69) is 5.32 Å². The molecule has 0 radical (unpaired) electrons. The van der Waals surface area contributed by atoms with E-state index in [1.807, 2.05) is 6.07 Å². The van der Waals surface area contributed by atoms with Crippen molar-refractivity contribution in [1.29, 1.82) is 0 Å². The predicted octanol–water partition coefficient (Wildman–Crippen LogP) is 1.94. The average Bonchev–Trinajstić information content (AvgIpc) is 2.72. The quantitative estimate of drug-likeness (QED) is 0.810. The average molecular weight is 216 g/mol. The normalized spacial score (nSPS) is 27.0. The molecule has 0 aromatic carbocycles. The van der Waals surface area contributed by atoms with Crippen molar-refractivity contribution in [3.8, 4) is 0 Å². The molecule has 78 valence electrons. The molecule has 2 rings (SSSR count). The summed E-state index contributed by atoms with van der Waals surface area (Å²) >= 11 is 5.64. The highest BCUT2D eigenvalue weighted by atomic mass is 35.5. The van der Waals surface area contributed by atoms with E-state index < -0.39 is 0 Å². The van der Waals surface area contributed by atoms with Crippen molar-refractivity contribution in [2.24, 2.45) is 0 Å². The van der Waals surface area contributed by atoms with Crippen LogP contribution in [0.3, 0.4) is 0 Å². The van der Waals surface area contributed by atoms with E-state index in [1.165, 1.54) is 0 Å². The van der Waals surface area contributed by atoms with Crippen LogP contribution in [0.2, 0.25) is 5.22 Å². The zero-order chi connectivity index (χ0) is 9.97. The minimum Gasteiger partial charge on any atom is -0.448 e. The van der Waals surface area contributed by atoms with E-state index in [0.717, 1.165) is 25.0 Å². The largest absolute Gasteiger partial charge is 0.448 e. The van der Waals surface area contributed by atoms with E-state index in [0.29, 0.717) is 11.8 Å². The Kier molecular flexibility index (Phi) is 3.11. The van der Waals surface area contributed by atoms with Gasteiger partial charge in [0.2, 0.25) is 0 Å². The first kappa shape index (κ1) is 10.0. The Labute approximate surface area is 88.1 Å². The number of nitrogens with one attached hydrogen (secondary N) is 1. The highest BCUT2D eigenvalue weighted by Crippen LogP contribution is 2.20. The molecule has 1 fully saturated rings. The first-order chi connectivity index (χ1) is 6.75. The summed E-state index contributed by atoms with van der Waals surface area (Å²) in [6.07, 6.45) is 2.82. The molecule has 1 heterocycles. The maximum atomic E-state index is 9.55. The topological polar surface area (TPSA) is 45.4 Å². The van der Waals surface area contributed by atoms with Crippen molar-refractivity contribution < 1.29 is 9.52 Å². The molecule has 1 aromatic heterocycles. The lowest BCUT2D eigenvalue weighted by molar-refractivity contribution is 0.147. The fourth-order valence-corrected chi connectivity index (χ4v) is 2.02. The second-order valence-corrected chi connectivity index (χ2v) is 4.06. The highest BCUT2D eigenvalue weighted by Gasteiger charge is 2.24. The molecule has 1 saturated carbocycles. The van der Waals surface area contributed by atoms with Gasteiger partial charge in [-0.3, -0.25) is 0 Å². The van der Waals surface area contributed by atoms with Crippen LogP contribution in [-0.4, -0.2) is 17.3 Å². The summed E-state index contributed by atoms with van der Waals surface area (Å²) in [5, 5.41) is 13.2. The Hall–Kier alpha value is -0.510. The van der Waals surface area contributed by atoms with Gasteiger partial charge in [-0.25, -0.2) is 0 Å². The van der Waals surface area contributed by atoms with Crippen molar-refractivity contribution in [1.82, 2.24) is 5.32 Å². The molecule has 0 saturated heterocycles. The van der Waals surface area contributed by atoms with Crippen LogP contribution in [-0.2, 0) is 6.54 Å². The van der Waals surface area contributed by atoms with Gasteiger partial charge < -0.3 is 14.8 Å². The Morgan fingerprint density at radius 3 is 2.93 bits per heavy atom. The lowest BCUT2D eigenvalue weighted by Gasteiger charge is -2.14.